The maximum Gasteiger partial charge on any atom is 0.234 e. The van der Waals surface area contributed by atoms with E-state index in [-0.39, 0.29) is 24.2 Å². The van der Waals surface area contributed by atoms with Crippen molar-refractivity contribution in [2.24, 2.45) is 0 Å². The Kier molecular flexibility index (Phi) is 7.99. The summed E-state index contributed by atoms with van der Waals surface area (Å²) in [5, 5.41) is 20.1. The molecule has 4 nitrogen and oxygen atoms in total. The van der Waals surface area contributed by atoms with Crippen molar-refractivity contribution in [2.45, 2.75) is 70.3 Å². The van der Waals surface area contributed by atoms with Crippen LogP contribution in [-0.2, 0) is 16.8 Å². The van der Waals surface area contributed by atoms with Gasteiger partial charge in [-0.25, -0.2) is 0 Å². The average Bonchev–Trinajstić information content (AvgIpc) is 2.64. The van der Waals surface area contributed by atoms with Crippen LogP contribution >= 0.6 is 23.5 Å². The molecule has 0 atom stereocenters. The molecule has 0 unspecified atom stereocenters. The first kappa shape index (κ1) is 24.3. The highest BCUT2D eigenvalue weighted by Crippen LogP contribution is 2.31. The summed E-state index contributed by atoms with van der Waals surface area (Å²) < 4.78 is 2.89. The topological polar surface area (TPSA) is 73.1 Å². The lowest BCUT2D eigenvalue weighted by atomic mass is 9.85. The molecular weight excluding hydrogens is 416 g/mol. The maximum absolute atomic E-state index is 12.8. The van der Waals surface area contributed by atoms with E-state index in [2.05, 4.69) is 38.5 Å². The van der Waals surface area contributed by atoms with Gasteiger partial charge in [-0.05, 0) is 90.2 Å². The molecule has 0 saturated carbocycles. The molecule has 0 radical (unpaired) electrons. The summed E-state index contributed by atoms with van der Waals surface area (Å²) in [6, 6.07) is 11.3. The third kappa shape index (κ3) is 6.25. The van der Waals surface area contributed by atoms with E-state index in [4.69, 9.17) is 11.6 Å². The van der Waals surface area contributed by atoms with Gasteiger partial charge in [0.2, 0.25) is 5.91 Å². The quantitative estimate of drug-likeness (QED) is 0.509. The van der Waals surface area contributed by atoms with Crippen LogP contribution in [0.25, 0.3) is 0 Å². The molecule has 160 valence electrons. The molecule has 0 saturated heterocycles. The van der Waals surface area contributed by atoms with Crippen LogP contribution < -0.4 is 4.72 Å². The van der Waals surface area contributed by atoms with Gasteiger partial charge in [-0.2, -0.15) is 5.26 Å². The fraction of sp³-hybridized carbons (Fsp3) is 0.417. The van der Waals surface area contributed by atoms with Crippen LogP contribution in [0.4, 0.5) is 0 Å². The van der Waals surface area contributed by atoms with Crippen molar-refractivity contribution in [3.05, 3.63) is 63.2 Å². The smallest absolute Gasteiger partial charge is 0.234 e. The van der Waals surface area contributed by atoms with Gasteiger partial charge >= 0.3 is 0 Å². The van der Waals surface area contributed by atoms with Crippen LogP contribution in [0.5, 0.6) is 0 Å². The van der Waals surface area contributed by atoms with Crippen LogP contribution in [0, 0.1) is 11.3 Å². The molecule has 2 aromatic rings. The van der Waals surface area contributed by atoms with Crippen molar-refractivity contribution in [3.63, 3.8) is 0 Å². The van der Waals surface area contributed by atoms with Gasteiger partial charge in [-0.1, -0.05) is 39.3 Å². The number of nitrogens with zero attached hydrogens (tertiary/aromatic N) is 1. The van der Waals surface area contributed by atoms with E-state index in [1.165, 1.54) is 11.9 Å². The summed E-state index contributed by atoms with van der Waals surface area (Å²) in [5.74, 6) is 0.278. The predicted molar refractivity (Wildman–Crippen MR) is 124 cm³/mol. The van der Waals surface area contributed by atoms with Gasteiger partial charge in [-0.15, -0.1) is 0 Å². The van der Waals surface area contributed by atoms with E-state index >= 15 is 0 Å². The summed E-state index contributed by atoms with van der Waals surface area (Å²) >= 11 is 7.36. The predicted octanol–water partition coefficient (Wildman–Crippen LogP) is 6.05. The molecule has 0 bridgehead atoms. The largest absolute Gasteiger partial charge is 0.386 e. The first-order chi connectivity index (χ1) is 13.9. The lowest BCUT2D eigenvalue weighted by molar-refractivity contribution is -0.118. The average molecular weight is 445 g/mol. The number of halogens is 1. The van der Waals surface area contributed by atoms with Crippen molar-refractivity contribution in [3.8, 4) is 6.07 Å². The molecule has 0 aliphatic carbocycles. The van der Waals surface area contributed by atoms with E-state index < -0.39 is 5.60 Å². The molecule has 0 spiro atoms. The molecule has 1 amide bonds. The molecule has 0 heterocycles. The highest BCUT2D eigenvalue weighted by molar-refractivity contribution is 7.98. The number of aliphatic hydroxyl groups is 1. The Morgan fingerprint density at radius 2 is 1.70 bits per heavy atom. The zero-order chi connectivity index (χ0) is 22.6. The van der Waals surface area contributed by atoms with Crippen LogP contribution in [0.3, 0.4) is 0 Å². The van der Waals surface area contributed by atoms with Crippen molar-refractivity contribution in [2.75, 3.05) is 0 Å². The normalized spacial score (nSPS) is 11.6. The zero-order valence-corrected chi connectivity index (χ0v) is 19.9. The SMILES string of the molecule is CC(C)c1cc(C#N)cc(C(C)C)c1CC(=O)NSc1cc(Cl)cc(C(C)(C)O)c1. The van der Waals surface area contributed by atoms with Gasteiger partial charge in [-0.3, -0.25) is 9.52 Å². The standard InChI is InChI=1S/C24H29ClN2O2S/c1-14(2)20-7-16(13-26)8-21(15(3)4)22(20)12-23(28)27-30-19-10-17(24(5,6)29)9-18(25)11-19/h7-11,14-15,29H,12H2,1-6H3,(H,27,28). The van der Waals surface area contributed by atoms with Crippen LogP contribution in [-0.4, -0.2) is 11.0 Å². The molecule has 0 aliphatic rings. The summed E-state index contributed by atoms with van der Waals surface area (Å²) in [6.07, 6.45) is 0.235. The van der Waals surface area contributed by atoms with E-state index in [1.54, 1.807) is 26.0 Å². The zero-order valence-electron chi connectivity index (χ0n) is 18.3. The summed E-state index contributed by atoms with van der Waals surface area (Å²) in [4.78, 5) is 13.5. The minimum atomic E-state index is -1.02. The van der Waals surface area contributed by atoms with Gasteiger partial charge in [0.15, 0.2) is 0 Å². The van der Waals surface area contributed by atoms with Gasteiger partial charge in [0.05, 0.1) is 23.7 Å². The van der Waals surface area contributed by atoms with Gasteiger partial charge in [0.1, 0.15) is 0 Å². The van der Waals surface area contributed by atoms with E-state index in [0.29, 0.717) is 16.1 Å². The number of nitriles is 1. The Bertz CT molecular complexity index is 943. The van der Waals surface area contributed by atoms with Crippen molar-refractivity contribution < 1.29 is 9.90 Å². The number of hydrogen-bond donors (Lipinski definition) is 2. The Hall–Kier alpha value is -2.00. The molecule has 2 N–H and O–H groups in total. The minimum absolute atomic E-state index is 0.127. The van der Waals surface area contributed by atoms with E-state index in [0.717, 1.165) is 21.6 Å². The number of benzene rings is 2. The number of carbonyl (C=O) groups is 1. The van der Waals surface area contributed by atoms with Gasteiger partial charge in [0, 0.05) is 9.92 Å². The second-order valence-corrected chi connectivity index (χ2v) is 9.91. The summed E-state index contributed by atoms with van der Waals surface area (Å²) in [6.45, 7) is 11.7. The van der Waals surface area contributed by atoms with E-state index in [1.807, 2.05) is 18.2 Å². The Morgan fingerprint density at radius 3 is 2.17 bits per heavy atom. The number of rotatable bonds is 7. The molecule has 0 fully saturated rings. The number of amides is 1. The third-order valence-corrected chi connectivity index (χ3v) is 5.91. The maximum atomic E-state index is 12.8. The first-order valence-electron chi connectivity index (χ1n) is 9.98. The summed E-state index contributed by atoms with van der Waals surface area (Å²) in [5.41, 5.74) is 3.34. The van der Waals surface area contributed by atoms with Gasteiger partial charge < -0.3 is 5.11 Å². The fourth-order valence-electron chi connectivity index (χ4n) is 3.30. The van der Waals surface area contributed by atoms with Crippen molar-refractivity contribution in [1.82, 2.24) is 4.72 Å². The minimum Gasteiger partial charge on any atom is -0.386 e. The molecule has 2 rings (SSSR count). The van der Waals surface area contributed by atoms with Crippen LogP contribution in [0.1, 0.15) is 81.2 Å². The van der Waals surface area contributed by atoms with Crippen molar-refractivity contribution >= 4 is 29.5 Å². The molecule has 6 heteroatoms. The lowest BCUT2D eigenvalue weighted by Crippen LogP contribution is -2.21. The molecule has 0 aromatic heterocycles. The summed E-state index contributed by atoms with van der Waals surface area (Å²) in [7, 11) is 0. The van der Waals surface area contributed by atoms with Crippen LogP contribution in [0.2, 0.25) is 5.02 Å². The Balaban J connectivity index is 2.25. The Morgan fingerprint density at radius 1 is 1.13 bits per heavy atom. The molecule has 0 aliphatic heterocycles. The molecule has 30 heavy (non-hydrogen) atoms. The fourth-order valence-corrected chi connectivity index (χ4v) is 4.28. The highest BCUT2D eigenvalue weighted by Gasteiger charge is 2.20. The number of carbonyl (C=O) groups excluding carboxylic acids is 1. The second-order valence-electron chi connectivity index (χ2n) is 8.59. The molecule has 2 aromatic carbocycles. The second kappa shape index (κ2) is 9.87. The number of nitrogens with one attached hydrogen (secondary N) is 1. The number of hydrogen-bond acceptors (Lipinski definition) is 4. The third-order valence-electron chi connectivity index (χ3n) is 4.89. The van der Waals surface area contributed by atoms with Gasteiger partial charge in [0.25, 0.3) is 0 Å². The van der Waals surface area contributed by atoms with E-state index in [9.17, 15) is 15.2 Å². The Labute approximate surface area is 188 Å². The molecular formula is C24H29ClN2O2S. The van der Waals surface area contributed by atoms with Crippen LogP contribution in [0.15, 0.2) is 35.2 Å². The van der Waals surface area contributed by atoms with Crippen molar-refractivity contribution in [1.29, 1.82) is 5.26 Å². The first-order valence-corrected chi connectivity index (χ1v) is 11.2. The monoisotopic (exact) mass is 444 g/mol. The lowest BCUT2D eigenvalue weighted by Gasteiger charge is -2.20. The highest BCUT2D eigenvalue weighted by atomic mass is 35.5.